The van der Waals surface area contributed by atoms with Crippen LogP contribution in [0.15, 0.2) is 18.6 Å². The lowest BCUT2D eigenvalue weighted by atomic mass is 10.2. The van der Waals surface area contributed by atoms with Gasteiger partial charge in [-0.05, 0) is 26.8 Å². The van der Waals surface area contributed by atoms with Gasteiger partial charge in [0.2, 0.25) is 0 Å². The van der Waals surface area contributed by atoms with Crippen LogP contribution in [0, 0.1) is 0 Å². The van der Waals surface area contributed by atoms with Crippen molar-refractivity contribution in [3.8, 4) is 0 Å². The summed E-state index contributed by atoms with van der Waals surface area (Å²) in [6.45, 7) is 5.60. The molecule has 0 aliphatic heterocycles. The van der Waals surface area contributed by atoms with Gasteiger partial charge in [0, 0.05) is 6.20 Å². The number of esters is 1. The molecule has 6 heteroatoms. The van der Waals surface area contributed by atoms with Crippen molar-refractivity contribution in [3.63, 3.8) is 0 Å². The van der Waals surface area contributed by atoms with Gasteiger partial charge in [0.15, 0.2) is 5.15 Å². The smallest absolute Gasteiger partial charge is 0.326 e. The lowest BCUT2D eigenvalue weighted by molar-refractivity contribution is -0.155. The molecular weight excluding hydrogens is 254 g/mol. The molecular formula is C12H14ClN3O2. The van der Waals surface area contributed by atoms with Crippen molar-refractivity contribution in [2.75, 3.05) is 0 Å². The van der Waals surface area contributed by atoms with Gasteiger partial charge in [-0.15, -0.1) is 0 Å². The zero-order chi connectivity index (χ0) is 13.3. The van der Waals surface area contributed by atoms with E-state index in [0.29, 0.717) is 10.7 Å². The number of hydrogen-bond acceptors (Lipinski definition) is 4. The third-order valence-corrected chi connectivity index (χ3v) is 2.49. The summed E-state index contributed by atoms with van der Waals surface area (Å²) >= 11 is 5.91. The predicted octanol–water partition coefficient (Wildman–Crippen LogP) is 2.43. The van der Waals surface area contributed by atoms with Crippen molar-refractivity contribution >= 4 is 28.6 Å². The van der Waals surface area contributed by atoms with E-state index < -0.39 is 5.60 Å². The molecule has 2 rings (SSSR count). The first-order valence-corrected chi connectivity index (χ1v) is 5.92. The van der Waals surface area contributed by atoms with Gasteiger partial charge in [-0.3, -0.25) is 4.79 Å². The van der Waals surface area contributed by atoms with Gasteiger partial charge >= 0.3 is 5.97 Å². The lowest BCUT2D eigenvalue weighted by Crippen LogP contribution is -2.26. The van der Waals surface area contributed by atoms with E-state index in [9.17, 15) is 4.79 Å². The molecule has 0 radical (unpaired) electrons. The molecule has 0 atom stereocenters. The van der Waals surface area contributed by atoms with Gasteiger partial charge in [0.05, 0.1) is 11.8 Å². The zero-order valence-electron chi connectivity index (χ0n) is 10.5. The van der Waals surface area contributed by atoms with Crippen molar-refractivity contribution in [3.05, 3.63) is 23.7 Å². The number of imidazole rings is 1. The number of carbonyl (C=O) groups excluding carboxylic acids is 1. The first-order valence-electron chi connectivity index (χ1n) is 5.54. The third kappa shape index (κ3) is 2.79. The summed E-state index contributed by atoms with van der Waals surface area (Å²) in [7, 11) is 0. The minimum Gasteiger partial charge on any atom is -0.459 e. The van der Waals surface area contributed by atoms with Gasteiger partial charge < -0.3 is 9.30 Å². The number of aromatic nitrogens is 3. The highest BCUT2D eigenvalue weighted by Gasteiger charge is 2.17. The summed E-state index contributed by atoms with van der Waals surface area (Å²) in [6.07, 6.45) is 3.14. The molecule has 0 unspecified atom stereocenters. The van der Waals surface area contributed by atoms with Crippen molar-refractivity contribution in [2.45, 2.75) is 32.9 Å². The number of hydrogen-bond donors (Lipinski definition) is 0. The van der Waals surface area contributed by atoms with E-state index >= 15 is 0 Å². The lowest BCUT2D eigenvalue weighted by Gasteiger charge is -2.19. The van der Waals surface area contributed by atoms with Crippen LogP contribution in [-0.4, -0.2) is 26.1 Å². The zero-order valence-corrected chi connectivity index (χ0v) is 11.2. The Bertz CT molecular complexity index is 587. The van der Waals surface area contributed by atoms with Crippen LogP contribution in [0.1, 0.15) is 20.8 Å². The minimum absolute atomic E-state index is 0.105. The van der Waals surface area contributed by atoms with E-state index in [-0.39, 0.29) is 12.5 Å². The summed E-state index contributed by atoms with van der Waals surface area (Å²) < 4.78 is 6.95. The van der Waals surface area contributed by atoms with Crippen LogP contribution in [0.4, 0.5) is 0 Å². The fourth-order valence-corrected chi connectivity index (χ4v) is 1.80. The molecule has 18 heavy (non-hydrogen) atoms. The molecule has 0 amide bonds. The Hall–Kier alpha value is -1.62. The van der Waals surface area contributed by atoms with Gasteiger partial charge in [0.1, 0.15) is 17.7 Å². The summed E-state index contributed by atoms with van der Waals surface area (Å²) in [6, 6.07) is 1.76. The van der Waals surface area contributed by atoms with Crippen molar-refractivity contribution in [1.82, 2.24) is 14.5 Å². The van der Waals surface area contributed by atoms with Gasteiger partial charge in [-0.1, -0.05) is 11.6 Å². The quantitative estimate of drug-likeness (QED) is 0.619. The summed E-state index contributed by atoms with van der Waals surface area (Å²) in [5.74, 6) is -0.310. The highest BCUT2D eigenvalue weighted by Crippen LogP contribution is 2.19. The van der Waals surface area contributed by atoms with Crippen molar-refractivity contribution in [2.24, 2.45) is 0 Å². The Labute approximate surface area is 110 Å². The molecule has 0 saturated carbocycles. The SMILES string of the molecule is CC(C)(C)OC(=O)Cn1cnc2c(Cl)nccc21. The van der Waals surface area contributed by atoms with Crippen LogP contribution in [0.2, 0.25) is 5.15 Å². The minimum atomic E-state index is -0.493. The summed E-state index contributed by atoms with van der Waals surface area (Å²) in [5.41, 5.74) is 0.857. The molecule has 0 aromatic carbocycles. The second-order valence-corrected chi connectivity index (χ2v) is 5.29. The Balaban J connectivity index is 2.23. The number of pyridine rings is 1. The van der Waals surface area contributed by atoms with Gasteiger partial charge in [-0.2, -0.15) is 0 Å². The largest absolute Gasteiger partial charge is 0.459 e. The van der Waals surface area contributed by atoms with Crippen LogP contribution in [0.3, 0.4) is 0 Å². The molecule has 2 aromatic rings. The Morgan fingerprint density at radius 2 is 2.17 bits per heavy atom. The van der Waals surface area contributed by atoms with E-state index in [1.807, 2.05) is 20.8 Å². The van der Waals surface area contributed by atoms with E-state index in [2.05, 4.69) is 9.97 Å². The number of rotatable bonds is 2. The van der Waals surface area contributed by atoms with E-state index in [1.165, 1.54) is 0 Å². The number of fused-ring (bicyclic) bond motifs is 1. The topological polar surface area (TPSA) is 57.0 Å². The molecule has 0 bridgehead atoms. The molecule has 2 heterocycles. The van der Waals surface area contributed by atoms with Crippen molar-refractivity contribution in [1.29, 1.82) is 0 Å². The molecule has 2 aromatic heterocycles. The maximum absolute atomic E-state index is 11.7. The van der Waals surface area contributed by atoms with Crippen LogP contribution >= 0.6 is 11.6 Å². The highest BCUT2D eigenvalue weighted by atomic mass is 35.5. The monoisotopic (exact) mass is 267 g/mol. The Kier molecular flexibility index (Phi) is 3.26. The second kappa shape index (κ2) is 4.57. The molecule has 0 aliphatic carbocycles. The molecule has 0 N–H and O–H groups in total. The van der Waals surface area contributed by atoms with Crippen LogP contribution in [-0.2, 0) is 16.1 Å². The number of nitrogens with zero attached hydrogens (tertiary/aromatic N) is 3. The van der Waals surface area contributed by atoms with E-state index in [4.69, 9.17) is 16.3 Å². The molecule has 0 spiro atoms. The number of carbonyl (C=O) groups is 1. The first-order chi connectivity index (χ1) is 8.37. The molecule has 0 saturated heterocycles. The summed E-state index contributed by atoms with van der Waals surface area (Å²) in [4.78, 5) is 19.8. The highest BCUT2D eigenvalue weighted by molar-refractivity contribution is 6.33. The van der Waals surface area contributed by atoms with Crippen LogP contribution in [0.5, 0.6) is 0 Å². The molecule has 96 valence electrons. The average Bonchev–Trinajstić information content (AvgIpc) is 2.60. The third-order valence-electron chi connectivity index (χ3n) is 2.21. The predicted molar refractivity (Wildman–Crippen MR) is 68.4 cm³/mol. The number of halogens is 1. The Morgan fingerprint density at radius 1 is 1.44 bits per heavy atom. The van der Waals surface area contributed by atoms with Gasteiger partial charge in [-0.25, -0.2) is 9.97 Å². The molecule has 5 nitrogen and oxygen atoms in total. The maximum atomic E-state index is 11.7. The standard InChI is InChI=1S/C12H14ClN3O2/c1-12(2,3)18-9(17)6-16-7-15-10-8(16)4-5-14-11(10)13/h4-5,7H,6H2,1-3H3. The number of ether oxygens (including phenoxy) is 1. The van der Waals surface area contributed by atoms with Crippen molar-refractivity contribution < 1.29 is 9.53 Å². The van der Waals surface area contributed by atoms with E-state index in [0.717, 1.165) is 5.52 Å². The summed E-state index contributed by atoms with van der Waals surface area (Å²) in [5, 5.41) is 0.329. The first kappa shape index (κ1) is 12.8. The molecule has 0 aliphatic rings. The molecule has 0 fully saturated rings. The maximum Gasteiger partial charge on any atom is 0.326 e. The van der Waals surface area contributed by atoms with Crippen LogP contribution < -0.4 is 0 Å². The normalized spacial score (nSPS) is 11.8. The Morgan fingerprint density at radius 3 is 2.83 bits per heavy atom. The fourth-order valence-electron chi connectivity index (χ4n) is 1.60. The fraction of sp³-hybridized carbons (Fsp3) is 0.417. The average molecular weight is 268 g/mol. The van der Waals surface area contributed by atoms with Gasteiger partial charge in [0.25, 0.3) is 0 Å². The second-order valence-electron chi connectivity index (χ2n) is 4.93. The van der Waals surface area contributed by atoms with E-state index in [1.54, 1.807) is 23.2 Å². The van der Waals surface area contributed by atoms with Crippen LogP contribution in [0.25, 0.3) is 11.0 Å².